The molecule has 3 rings (SSSR count). The minimum atomic E-state index is -0.537. The van der Waals surface area contributed by atoms with E-state index in [1.807, 2.05) is 6.07 Å². The predicted molar refractivity (Wildman–Crippen MR) is 101 cm³/mol. The first-order valence-corrected chi connectivity index (χ1v) is 9.09. The summed E-state index contributed by atoms with van der Waals surface area (Å²) in [5, 5.41) is 7.61. The van der Waals surface area contributed by atoms with E-state index >= 15 is 0 Å². The number of aromatic nitrogens is 2. The zero-order valence-corrected chi connectivity index (χ0v) is 15.8. The van der Waals surface area contributed by atoms with Gasteiger partial charge >= 0.3 is 5.97 Å². The van der Waals surface area contributed by atoms with Gasteiger partial charge in [0.2, 0.25) is 0 Å². The molecule has 0 saturated heterocycles. The number of carbonyl (C=O) groups is 1. The summed E-state index contributed by atoms with van der Waals surface area (Å²) in [6.45, 7) is 4.17. The fourth-order valence-corrected chi connectivity index (χ4v) is 3.63. The molecule has 1 aromatic carbocycles. The Hall–Kier alpha value is -2.34. The molecule has 0 radical (unpaired) electrons. The SMILES string of the molecule is CCCC1=Nc2[nH]ncc2C(c2cc(OC)ccc2Cl)C1C(=O)OCC. The maximum atomic E-state index is 12.9. The number of ether oxygens (including phenoxy) is 2. The van der Waals surface area contributed by atoms with Crippen molar-refractivity contribution in [3.8, 4) is 5.75 Å². The van der Waals surface area contributed by atoms with E-state index in [1.54, 1.807) is 32.4 Å². The lowest BCUT2D eigenvalue weighted by molar-refractivity contribution is -0.146. The molecule has 0 fully saturated rings. The molecule has 7 heteroatoms. The van der Waals surface area contributed by atoms with Crippen molar-refractivity contribution >= 4 is 29.1 Å². The number of fused-ring (bicyclic) bond motifs is 1. The standard InChI is InChI=1S/C19H22ClN3O3/c1-4-6-15-17(19(24)26-5-2)16(13-10-21-23-18(13)22-15)12-9-11(25-3)7-8-14(12)20/h7-10,16-17H,4-6H2,1-3H3,(H,21,23). The van der Waals surface area contributed by atoms with E-state index in [9.17, 15) is 4.79 Å². The maximum absolute atomic E-state index is 12.9. The number of hydrogen-bond donors (Lipinski definition) is 1. The summed E-state index contributed by atoms with van der Waals surface area (Å²) in [6, 6.07) is 5.44. The minimum Gasteiger partial charge on any atom is -0.497 e. The summed E-state index contributed by atoms with van der Waals surface area (Å²) in [7, 11) is 1.60. The van der Waals surface area contributed by atoms with Crippen LogP contribution in [-0.2, 0) is 9.53 Å². The second-order valence-corrected chi connectivity index (χ2v) is 6.53. The van der Waals surface area contributed by atoms with Crippen molar-refractivity contribution in [2.75, 3.05) is 13.7 Å². The topological polar surface area (TPSA) is 76.6 Å². The van der Waals surface area contributed by atoms with Crippen LogP contribution >= 0.6 is 11.6 Å². The lowest BCUT2D eigenvalue weighted by Crippen LogP contribution is -2.34. The normalized spacial score (nSPS) is 18.8. The van der Waals surface area contributed by atoms with E-state index < -0.39 is 5.92 Å². The summed E-state index contributed by atoms with van der Waals surface area (Å²) in [4.78, 5) is 17.5. The van der Waals surface area contributed by atoms with E-state index in [-0.39, 0.29) is 11.9 Å². The number of rotatable bonds is 6. The molecule has 6 nitrogen and oxygen atoms in total. The van der Waals surface area contributed by atoms with Crippen LogP contribution in [0.1, 0.15) is 43.7 Å². The highest BCUT2D eigenvalue weighted by Gasteiger charge is 2.41. The van der Waals surface area contributed by atoms with Gasteiger partial charge in [0.1, 0.15) is 11.7 Å². The molecule has 1 aliphatic rings. The van der Waals surface area contributed by atoms with Crippen molar-refractivity contribution in [1.82, 2.24) is 10.2 Å². The smallest absolute Gasteiger partial charge is 0.315 e. The molecular weight excluding hydrogens is 354 g/mol. The van der Waals surface area contributed by atoms with Crippen LogP contribution in [0.25, 0.3) is 0 Å². The van der Waals surface area contributed by atoms with Crippen LogP contribution in [0.4, 0.5) is 5.82 Å². The van der Waals surface area contributed by atoms with Gasteiger partial charge in [-0.05, 0) is 37.1 Å². The molecule has 2 unspecified atom stereocenters. The Morgan fingerprint density at radius 2 is 2.12 bits per heavy atom. The number of halogens is 1. The van der Waals surface area contributed by atoms with Crippen LogP contribution in [0.5, 0.6) is 5.75 Å². The fraction of sp³-hybridized carbons (Fsp3) is 0.421. The van der Waals surface area contributed by atoms with Crippen LogP contribution < -0.4 is 4.74 Å². The summed E-state index contributed by atoms with van der Waals surface area (Å²) in [5.41, 5.74) is 2.42. The van der Waals surface area contributed by atoms with Crippen molar-refractivity contribution in [1.29, 1.82) is 0 Å². The van der Waals surface area contributed by atoms with Crippen molar-refractivity contribution in [3.05, 3.63) is 40.5 Å². The van der Waals surface area contributed by atoms with Crippen molar-refractivity contribution < 1.29 is 14.3 Å². The number of methoxy groups -OCH3 is 1. The van der Waals surface area contributed by atoms with Crippen molar-refractivity contribution in [2.24, 2.45) is 10.9 Å². The summed E-state index contributed by atoms with van der Waals surface area (Å²) in [6.07, 6.45) is 3.27. The number of nitrogens with one attached hydrogen (secondary N) is 1. The average molecular weight is 376 g/mol. The first-order valence-electron chi connectivity index (χ1n) is 8.71. The largest absolute Gasteiger partial charge is 0.497 e. The van der Waals surface area contributed by atoms with Gasteiger partial charge in [0, 0.05) is 22.2 Å². The zero-order chi connectivity index (χ0) is 18.7. The molecule has 1 aliphatic heterocycles. The number of esters is 1. The number of carbonyl (C=O) groups excluding carboxylic acids is 1. The van der Waals surface area contributed by atoms with Crippen molar-refractivity contribution in [3.63, 3.8) is 0 Å². The Morgan fingerprint density at radius 3 is 2.81 bits per heavy atom. The molecular formula is C19H22ClN3O3. The number of hydrogen-bond acceptors (Lipinski definition) is 5. The molecule has 0 aliphatic carbocycles. The molecule has 138 valence electrons. The molecule has 1 N–H and O–H groups in total. The van der Waals surface area contributed by atoms with Gasteiger partial charge < -0.3 is 9.47 Å². The van der Waals surface area contributed by atoms with Crippen LogP contribution in [-0.4, -0.2) is 35.6 Å². The molecule has 1 aromatic heterocycles. The summed E-state index contributed by atoms with van der Waals surface area (Å²) < 4.78 is 10.7. The number of benzene rings is 1. The highest BCUT2D eigenvalue weighted by Crippen LogP contribution is 2.45. The molecule has 0 spiro atoms. The summed E-state index contributed by atoms with van der Waals surface area (Å²) in [5.74, 6) is 0.180. The zero-order valence-electron chi connectivity index (χ0n) is 15.1. The lowest BCUT2D eigenvalue weighted by atomic mass is 9.76. The fourth-order valence-electron chi connectivity index (χ4n) is 3.40. The molecule has 0 amide bonds. The molecule has 0 saturated carbocycles. The number of aromatic amines is 1. The van der Waals surface area contributed by atoms with Gasteiger partial charge in [0.25, 0.3) is 0 Å². The third-order valence-corrected chi connectivity index (χ3v) is 4.86. The average Bonchev–Trinajstić information content (AvgIpc) is 3.10. The van der Waals surface area contributed by atoms with E-state index in [0.717, 1.165) is 23.3 Å². The molecule has 26 heavy (non-hydrogen) atoms. The van der Waals surface area contributed by atoms with Gasteiger partial charge in [-0.1, -0.05) is 24.9 Å². The van der Waals surface area contributed by atoms with Gasteiger partial charge in [-0.3, -0.25) is 9.89 Å². The minimum absolute atomic E-state index is 0.296. The van der Waals surface area contributed by atoms with E-state index in [4.69, 9.17) is 21.1 Å². The Balaban J connectivity index is 2.18. The Bertz CT molecular complexity index is 831. The van der Waals surface area contributed by atoms with Crippen LogP contribution in [0.3, 0.4) is 0 Å². The van der Waals surface area contributed by atoms with Gasteiger partial charge in [-0.15, -0.1) is 0 Å². The lowest BCUT2D eigenvalue weighted by Gasteiger charge is -2.31. The Morgan fingerprint density at radius 1 is 1.31 bits per heavy atom. The molecule has 2 aromatic rings. The van der Waals surface area contributed by atoms with Crippen molar-refractivity contribution in [2.45, 2.75) is 32.6 Å². The second kappa shape index (κ2) is 7.91. The van der Waals surface area contributed by atoms with Gasteiger partial charge in [-0.25, -0.2) is 4.99 Å². The number of nitrogens with zero attached hydrogens (tertiary/aromatic N) is 2. The van der Waals surface area contributed by atoms with E-state index in [1.165, 1.54) is 0 Å². The van der Waals surface area contributed by atoms with Crippen LogP contribution in [0, 0.1) is 5.92 Å². The Labute approximate surface area is 157 Å². The van der Waals surface area contributed by atoms with E-state index in [0.29, 0.717) is 29.6 Å². The Kier molecular flexibility index (Phi) is 5.61. The number of H-pyrrole nitrogens is 1. The molecule has 0 bridgehead atoms. The first-order chi connectivity index (χ1) is 12.6. The maximum Gasteiger partial charge on any atom is 0.315 e. The third-order valence-electron chi connectivity index (χ3n) is 4.52. The van der Waals surface area contributed by atoms with Gasteiger partial charge in [0.05, 0.1) is 19.9 Å². The predicted octanol–water partition coefficient (Wildman–Crippen LogP) is 4.27. The monoisotopic (exact) mass is 375 g/mol. The quantitative estimate of drug-likeness (QED) is 0.765. The second-order valence-electron chi connectivity index (χ2n) is 6.12. The van der Waals surface area contributed by atoms with Gasteiger partial charge in [0.15, 0.2) is 5.82 Å². The third kappa shape index (κ3) is 3.33. The van der Waals surface area contributed by atoms with Crippen LogP contribution in [0.2, 0.25) is 5.02 Å². The highest BCUT2D eigenvalue weighted by atomic mass is 35.5. The highest BCUT2D eigenvalue weighted by molar-refractivity contribution is 6.31. The van der Waals surface area contributed by atoms with E-state index in [2.05, 4.69) is 22.1 Å². The van der Waals surface area contributed by atoms with Gasteiger partial charge in [-0.2, -0.15) is 5.10 Å². The summed E-state index contributed by atoms with van der Waals surface area (Å²) >= 11 is 6.51. The first kappa shape index (κ1) is 18.5. The molecule has 2 heterocycles. The molecule has 2 atom stereocenters. The number of aliphatic imine (C=N–C) groups is 1. The van der Waals surface area contributed by atoms with Crippen LogP contribution in [0.15, 0.2) is 29.4 Å².